The number of carbonyl (C=O) groups excluding carboxylic acids is 1. The van der Waals surface area contributed by atoms with Crippen molar-refractivity contribution in [1.29, 1.82) is 0 Å². The molecule has 0 bridgehead atoms. The predicted octanol–water partition coefficient (Wildman–Crippen LogP) is 2.41. The summed E-state index contributed by atoms with van der Waals surface area (Å²) in [5.41, 5.74) is 4.12. The van der Waals surface area contributed by atoms with Gasteiger partial charge in [0.15, 0.2) is 18.1 Å². The number of benzene rings is 2. The average molecular weight is 350 g/mol. The fraction of sp³-hybridized carbons (Fsp3) is 0.105. The van der Waals surface area contributed by atoms with Crippen LogP contribution in [-0.2, 0) is 4.79 Å². The maximum atomic E-state index is 11.8. The minimum Gasteiger partial charge on any atom is -0.493 e. The first-order valence-electron chi connectivity index (χ1n) is 7.94. The van der Waals surface area contributed by atoms with Crippen molar-refractivity contribution in [1.82, 2.24) is 15.2 Å². The molecule has 0 saturated heterocycles. The van der Waals surface area contributed by atoms with Crippen LogP contribution in [0.5, 0.6) is 11.5 Å². The van der Waals surface area contributed by atoms with Crippen molar-refractivity contribution in [3.8, 4) is 17.2 Å². The molecule has 7 nitrogen and oxygen atoms in total. The molecule has 0 atom stereocenters. The standard InChI is InChI=1S/C19H18N4O3/c1-25-17-9-5-6-10-18(17)26-14-19(24)22-20-11-15-12-21-23(13-15)16-7-3-2-4-8-16/h2-13H,14H2,1H3,(H,22,24)/b20-11-. The SMILES string of the molecule is COc1ccccc1OCC(=O)N/N=C\c1cnn(-c2ccccc2)c1. The van der Waals surface area contributed by atoms with Crippen LogP contribution in [0.2, 0.25) is 0 Å². The van der Waals surface area contributed by atoms with Crippen LogP contribution in [0.25, 0.3) is 5.69 Å². The molecule has 1 heterocycles. The maximum absolute atomic E-state index is 11.8. The minimum atomic E-state index is -0.373. The van der Waals surface area contributed by atoms with Crippen molar-refractivity contribution in [2.45, 2.75) is 0 Å². The Bertz CT molecular complexity index is 891. The predicted molar refractivity (Wildman–Crippen MR) is 97.8 cm³/mol. The highest BCUT2D eigenvalue weighted by Crippen LogP contribution is 2.25. The highest BCUT2D eigenvalue weighted by molar-refractivity contribution is 5.82. The van der Waals surface area contributed by atoms with Crippen molar-refractivity contribution >= 4 is 12.1 Å². The molecule has 7 heteroatoms. The van der Waals surface area contributed by atoms with E-state index in [4.69, 9.17) is 9.47 Å². The van der Waals surface area contributed by atoms with Gasteiger partial charge in [-0.3, -0.25) is 4.79 Å². The van der Waals surface area contributed by atoms with Crippen molar-refractivity contribution in [2.24, 2.45) is 5.10 Å². The second-order valence-corrected chi connectivity index (χ2v) is 5.29. The molecular weight excluding hydrogens is 332 g/mol. The first-order chi connectivity index (χ1) is 12.8. The smallest absolute Gasteiger partial charge is 0.277 e. The zero-order valence-corrected chi connectivity index (χ0v) is 14.2. The molecular formula is C19H18N4O3. The maximum Gasteiger partial charge on any atom is 0.277 e. The number of hydrogen-bond acceptors (Lipinski definition) is 5. The molecule has 26 heavy (non-hydrogen) atoms. The van der Waals surface area contributed by atoms with Gasteiger partial charge in [0.2, 0.25) is 0 Å². The summed E-state index contributed by atoms with van der Waals surface area (Å²) in [5.74, 6) is 0.693. The van der Waals surface area contributed by atoms with Crippen LogP contribution in [0.3, 0.4) is 0 Å². The molecule has 2 aromatic carbocycles. The number of carbonyl (C=O) groups is 1. The summed E-state index contributed by atoms with van der Waals surface area (Å²) in [6.07, 6.45) is 5.00. The molecule has 3 aromatic rings. The van der Waals surface area contributed by atoms with Gasteiger partial charge in [-0.1, -0.05) is 30.3 Å². The Morgan fingerprint density at radius 3 is 2.65 bits per heavy atom. The first-order valence-corrected chi connectivity index (χ1v) is 7.94. The number of methoxy groups -OCH3 is 1. The number of nitrogens with zero attached hydrogens (tertiary/aromatic N) is 3. The summed E-state index contributed by atoms with van der Waals surface area (Å²) in [4.78, 5) is 11.8. The van der Waals surface area contributed by atoms with Gasteiger partial charge >= 0.3 is 0 Å². The second-order valence-electron chi connectivity index (χ2n) is 5.29. The van der Waals surface area contributed by atoms with Crippen LogP contribution in [0.4, 0.5) is 0 Å². The first kappa shape index (κ1) is 17.2. The van der Waals surface area contributed by atoms with Crippen LogP contribution < -0.4 is 14.9 Å². The Kier molecular flexibility index (Phi) is 5.61. The molecule has 0 spiro atoms. The van der Waals surface area contributed by atoms with Gasteiger partial charge in [-0.05, 0) is 24.3 Å². The third-order valence-electron chi connectivity index (χ3n) is 3.45. The molecule has 3 rings (SSSR count). The van der Waals surface area contributed by atoms with E-state index >= 15 is 0 Å². The van der Waals surface area contributed by atoms with Gasteiger partial charge < -0.3 is 9.47 Å². The van der Waals surface area contributed by atoms with E-state index < -0.39 is 0 Å². The Hall–Kier alpha value is -3.61. The van der Waals surface area contributed by atoms with E-state index in [0.717, 1.165) is 11.3 Å². The molecule has 132 valence electrons. The molecule has 0 fully saturated rings. The Morgan fingerprint density at radius 1 is 1.15 bits per heavy atom. The van der Waals surface area contributed by atoms with Crippen LogP contribution in [0.15, 0.2) is 72.1 Å². The highest BCUT2D eigenvalue weighted by Gasteiger charge is 2.06. The summed E-state index contributed by atoms with van der Waals surface area (Å²) in [6.45, 7) is -0.166. The minimum absolute atomic E-state index is 0.166. The van der Waals surface area contributed by atoms with Gasteiger partial charge in [-0.15, -0.1) is 0 Å². The summed E-state index contributed by atoms with van der Waals surface area (Å²) in [5, 5.41) is 8.17. The molecule has 0 aliphatic rings. The number of ether oxygens (including phenoxy) is 2. The number of para-hydroxylation sites is 3. The summed E-state index contributed by atoms with van der Waals surface area (Å²) in [6, 6.07) is 16.8. The summed E-state index contributed by atoms with van der Waals surface area (Å²) < 4.78 is 12.3. The second kappa shape index (κ2) is 8.48. The molecule has 0 aliphatic heterocycles. The lowest BCUT2D eigenvalue weighted by Gasteiger charge is -2.08. The van der Waals surface area contributed by atoms with E-state index in [1.165, 1.54) is 6.21 Å². The Balaban J connectivity index is 1.51. The van der Waals surface area contributed by atoms with Gasteiger partial charge in [0.25, 0.3) is 5.91 Å². The molecule has 0 radical (unpaired) electrons. The number of amides is 1. The van der Waals surface area contributed by atoms with Crippen LogP contribution in [0, 0.1) is 0 Å². The van der Waals surface area contributed by atoms with Crippen molar-refractivity contribution in [3.05, 3.63) is 72.6 Å². The lowest BCUT2D eigenvalue weighted by molar-refractivity contribution is -0.123. The number of rotatable bonds is 7. The van der Waals surface area contributed by atoms with Gasteiger partial charge in [0.05, 0.1) is 25.2 Å². The van der Waals surface area contributed by atoms with E-state index in [9.17, 15) is 4.79 Å². The van der Waals surface area contributed by atoms with Crippen LogP contribution >= 0.6 is 0 Å². The van der Waals surface area contributed by atoms with Crippen molar-refractivity contribution in [2.75, 3.05) is 13.7 Å². The molecule has 0 unspecified atom stereocenters. The lowest BCUT2D eigenvalue weighted by Crippen LogP contribution is -2.24. The van der Waals surface area contributed by atoms with Crippen molar-refractivity contribution in [3.63, 3.8) is 0 Å². The average Bonchev–Trinajstić information content (AvgIpc) is 3.16. The number of nitrogens with one attached hydrogen (secondary N) is 1. The number of aromatic nitrogens is 2. The molecule has 0 aliphatic carbocycles. The zero-order valence-electron chi connectivity index (χ0n) is 14.2. The van der Waals surface area contributed by atoms with E-state index in [-0.39, 0.29) is 12.5 Å². The number of hydrazone groups is 1. The lowest BCUT2D eigenvalue weighted by atomic mass is 10.3. The molecule has 1 N–H and O–H groups in total. The zero-order chi connectivity index (χ0) is 18.2. The van der Waals surface area contributed by atoms with Gasteiger partial charge in [0.1, 0.15) is 0 Å². The van der Waals surface area contributed by atoms with E-state index in [1.54, 1.807) is 36.2 Å². The van der Waals surface area contributed by atoms with Gasteiger partial charge in [-0.2, -0.15) is 10.2 Å². The fourth-order valence-electron chi connectivity index (χ4n) is 2.22. The third-order valence-corrected chi connectivity index (χ3v) is 3.45. The Labute approximate surface area is 150 Å². The van der Waals surface area contributed by atoms with E-state index in [2.05, 4.69) is 15.6 Å². The van der Waals surface area contributed by atoms with Crippen LogP contribution in [-0.4, -0.2) is 35.6 Å². The van der Waals surface area contributed by atoms with E-state index in [1.807, 2.05) is 42.6 Å². The summed E-state index contributed by atoms with van der Waals surface area (Å²) in [7, 11) is 1.54. The molecule has 1 amide bonds. The highest BCUT2D eigenvalue weighted by atomic mass is 16.5. The normalized spacial score (nSPS) is 10.7. The quantitative estimate of drug-likeness (QED) is 0.524. The third kappa shape index (κ3) is 4.47. The van der Waals surface area contributed by atoms with Gasteiger partial charge in [0, 0.05) is 11.8 Å². The molecule has 0 saturated carbocycles. The monoisotopic (exact) mass is 350 g/mol. The molecule has 1 aromatic heterocycles. The van der Waals surface area contributed by atoms with Crippen molar-refractivity contribution < 1.29 is 14.3 Å². The fourth-order valence-corrected chi connectivity index (χ4v) is 2.22. The van der Waals surface area contributed by atoms with Gasteiger partial charge in [-0.25, -0.2) is 10.1 Å². The topological polar surface area (TPSA) is 77.7 Å². The number of hydrogen-bond donors (Lipinski definition) is 1. The summed E-state index contributed by atoms with van der Waals surface area (Å²) >= 11 is 0. The largest absolute Gasteiger partial charge is 0.493 e. The van der Waals surface area contributed by atoms with E-state index in [0.29, 0.717) is 11.5 Å². The van der Waals surface area contributed by atoms with Crippen LogP contribution in [0.1, 0.15) is 5.56 Å². The Morgan fingerprint density at radius 2 is 1.88 bits per heavy atom.